The van der Waals surface area contributed by atoms with Crippen LogP contribution in [-0.2, 0) is 17.8 Å². The molecule has 1 aliphatic heterocycles. The number of nitrogens with one attached hydrogen (secondary N) is 1. The SMILES string of the molecule is Cc1ccc2nc(CN3C(=O)N[C@@](C)(CCc4ccccc4)C3=O)cn2c1. The topological polar surface area (TPSA) is 66.7 Å². The fourth-order valence-electron chi connectivity index (χ4n) is 3.49. The number of aromatic nitrogens is 2. The molecule has 3 heterocycles. The molecule has 6 heteroatoms. The summed E-state index contributed by atoms with van der Waals surface area (Å²) in [5.74, 6) is -0.198. The summed E-state index contributed by atoms with van der Waals surface area (Å²) in [6.07, 6.45) is 5.12. The lowest BCUT2D eigenvalue weighted by Crippen LogP contribution is -2.44. The molecule has 3 amide bonds. The molecule has 1 saturated heterocycles. The average Bonchev–Trinajstić information content (AvgIpc) is 3.14. The van der Waals surface area contributed by atoms with Crippen LogP contribution in [-0.4, -0.2) is 31.8 Å². The number of aryl methyl sites for hydroxylation is 2. The van der Waals surface area contributed by atoms with Gasteiger partial charge >= 0.3 is 6.03 Å². The molecule has 0 spiro atoms. The van der Waals surface area contributed by atoms with Gasteiger partial charge in [-0.15, -0.1) is 0 Å². The zero-order chi connectivity index (χ0) is 19.0. The molecule has 0 radical (unpaired) electrons. The number of pyridine rings is 1. The summed E-state index contributed by atoms with van der Waals surface area (Å²) in [5, 5.41) is 2.87. The van der Waals surface area contributed by atoms with Crippen LogP contribution in [0.4, 0.5) is 4.79 Å². The number of carbonyl (C=O) groups is 2. The lowest BCUT2D eigenvalue weighted by Gasteiger charge is -2.21. The minimum Gasteiger partial charge on any atom is -0.323 e. The molecule has 1 atom stereocenters. The minimum atomic E-state index is -0.886. The van der Waals surface area contributed by atoms with E-state index in [9.17, 15) is 9.59 Å². The second kappa shape index (κ2) is 6.54. The third-order valence-corrected chi connectivity index (χ3v) is 5.07. The highest BCUT2D eigenvalue weighted by Gasteiger charge is 2.47. The summed E-state index contributed by atoms with van der Waals surface area (Å²) in [6.45, 7) is 3.98. The van der Waals surface area contributed by atoms with Crippen molar-refractivity contribution in [3.63, 3.8) is 0 Å². The molecule has 0 unspecified atom stereocenters. The molecule has 2 aromatic heterocycles. The van der Waals surface area contributed by atoms with Crippen molar-refractivity contribution in [3.8, 4) is 0 Å². The van der Waals surface area contributed by atoms with Gasteiger partial charge in [0.1, 0.15) is 11.2 Å². The van der Waals surface area contributed by atoms with E-state index in [1.807, 2.05) is 66.2 Å². The van der Waals surface area contributed by atoms with E-state index in [-0.39, 0.29) is 18.5 Å². The van der Waals surface area contributed by atoms with E-state index in [1.165, 1.54) is 4.90 Å². The highest BCUT2D eigenvalue weighted by molar-refractivity contribution is 6.06. The zero-order valence-electron chi connectivity index (χ0n) is 15.5. The van der Waals surface area contributed by atoms with Crippen LogP contribution >= 0.6 is 0 Å². The number of urea groups is 1. The number of imidazole rings is 1. The summed E-state index contributed by atoms with van der Waals surface area (Å²) in [4.78, 5) is 31.2. The van der Waals surface area contributed by atoms with Crippen molar-refractivity contribution in [1.29, 1.82) is 0 Å². The first-order valence-electron chi connectivity index (χ1n) is 9.07. The molecule has 6 nitrogen and oxygen atoms in total. The Bertz CT molecular complexity index is 1010. The molecule has 1 N–H and O–H groups in total. The monoisotopic (exact) mass is 362 g/mol. The van der Waals surface area contributed by atoms with Gasteiger partial charge in [0.2, 0.25) is 0 Å². The maximum Gasteiger partial charge on any atom is 0.325 e. The molecule has 0 bridgehead atoms. The van der Waals surface area contributed by atoms with Crippen LogP contribution in [0.15, 0.2) is 54.9 Å². The maximum absolute atomic E-state index is 12.9. The van der Waals surface area contributed by atoms with E-state index in [1.54, 1.807) is 6.92 Å². The van der Waals surface area contributed by atoms with Crippen LogP contribution in [0.25, 0.3) is 5.65 Å². The summed E-state index contributed by atoms with van der Waals surface area (Å²) >= 11 is 0. The summed E-state index contributed by atoms with van der Waals surface area (Å²) in [5.41, 5.74) is 2.87. The number of hydrogen-bond acceptors (Lipinski definition) is 3. The Balaban J connectivity index is 1.49. The van der Waals surface area contributed by atoms with Gasteiger partial charge in [0, 0.05) is 12.4 Å². The van der Waals surface area contributed by atoms with Gasteiger partial charge in [-0.1, -0.05) is 36.4 Å². The van der Waals surface area contributed by atoms with Crippen molar-refractivity contribution >= 4 is 17.6 Å². The summed E-state index contributed by atoms with van der Waals surface area (Å²) in [7, 11) is 0. The molecule has 4 rings (SSSR count). The van der Waals surface area contributed by atoms with Crippen molar-refractivity contribution in [2.24, 2.45) is 0 Å². The van der Waals surface area contributed by atoms with E-state index in [2.05, 4.69) is 10.3 Å². The van der Waals surface area contributed by atoms with E-state index >= 15 is 0 Å². The van der Waals surface area contributed by atoms with Crippen LogP contribution in [0.1, 0.15) is 30.2 Å². The second-order valence-electron chi connectivity index (χ2n) is 7.34. The molecule has 0 aliphatic carbocycles. The number of benzene rings is 1. The standard InChI is InChI=1S/C21H22N4O2/c1-15-8-9-18-22-17(13-24(18)12-15)14-25-19(26)21(2,23-20(25)27)11-10-16-6-4-3-5-7-16/h3-9,12-13H,10-11,14H2,1-2H3,(H,23,27)/t21-/m0/s1. The molecule has 1 aliphatic rings. The Labute approximate surface area is 157 Å². The van der Waals surface area contributed by atoms with Crippen molar-refractivity contribution in [2.75, 3.05) is 0 Å². The van der Waals surface area contributed by atoms with Crippen LogP contribution in [0.3, 0.4) is 0 Å². The Morgan fingerprint density at radius 2 is 1.85 bits per heavy atom. The first-order valence-corrected chi connectivity index (χ1v) is 9.07. The van der Waals surface area contributed by atoms with Gasteiger partial charge in [0.15, 0.2) is 0 Å². The van der Waals surface area contributed by atoms with Crippen molar-refractivity contribution in [2.45, 2.75) is 38.8 Å². The van der Waals surface area contributed by atoms with Crippen LogP contribution < -0.4 is 5.32 Å². The van der Waals surface area contributed by atoms with Gasteiger partial charge in [-0.25, -0.2) is 9.78 Å². The fraction of sp³-hybridized carbons (Fsp3) is 0.286. The van der Waals surface area contributed by atoms with E-state index in [0.717, 1.165) is 23.2 Å². The fourth-order valence-corrected chi connectivity index (χ4v) is 3.49. The minimum absolute atomic E-state index is 0.173. The number of carbonyl (C=O) groups excluding carboxylic acids is 2. The van der Waals surface area contributed by atoms with E-state index in [0.29, 0.717) is 12.1 Å². The predicted molar refractivity (Wildman–Crippen MR) is 102 cm³/mol. The van der Waals surface area contributed by atoms with Gasteiger partial charge in [-0.3, -0.25) is 9.69 Å². The quantitative estimate of drug-likeness (QED) is 0.709. The number of amides is 3. The van der Waals surface area contributed by atoms with Crippen LogP contribution in [0, 0.1) is 6.92 Å². The number of imide groups is 1. The Morgan fingerprint density at radius 3 is 2.63 bits per heavy atom. The summed E-state index contributed by atoms with van der Waals surface area (Å²) < 4.78 is 1.91. The number of rotatable bonds is 5. The molecule has 27 heavy (non-hydrogen) atoms. The van der Waals surface area contributed by atoms with Gasteiger partial charge in [0.05, 0.1) is 12.2 Å². The van der Waals surface area contributed by atoms with E-state index in [4.69, 9.17) is 0 Å². The third-order valence-electron chi connectivity index (χ3n) is 5.07. The molecular formula is C21H22N4O2. The number of nitrogens with zero attached hydrogens (tertiary/aromatic N) is 3. The molecule has 0 saturated carbocycles. The van der Waals surface area contributed by atoms with E-state index < -0.39 is 5.54 Å². The first kappa shape index (κ1) is 17.3. The highest BCUT2D eigenvalue weighted by Crippen LogP contribution is 2.25. The van der Waals surface area contributed by atoms with Gasteiger partial charge in [0.25, 0.3) is 5.91 Å². The Hall–Kier alpha value is -3.15. The normalized spacial score (nSPS) is 19.7. The first-order chi connectivity index (χ1) is 12.9. The number of hydrogen-bond donors (Lipinski definition) is 1. The summed E-state index contributed by atoms with van der Waals surface area (Å²) in [6, 6.07) is 13.5. The van der Waals surface area contributed by atoms with Crippen molar-refractivity contribution < 1.29 is 9.59 Å². The smallest absolute Gasteiger partial charge is 0.323 e. The lowest BCUT2D eigenvalue weighted by atomic mass is 9.93. The predicted octanol–water partition coefficient (Wildman–Crippen LogP) is 3.09. The molecular weight excluding hydrogens is 340 g/mol. The molecule has 138 valence electrons. The second-order valence-corrected chi connectivity index (χ2v) is 7.34. The number of fused-ring (bicyclic) bond motifs is 1. The molecule has 1 fully saturated rings. The largest absolute Gasteiger partial charge is 0.325 e. The highest BCUT2D eigenvalue weighted by atomic mass is 16.2. The average molecular weight is 362 g/mol. The van der Waals surface area contributed by atoms with Crippen molar-refractivity contribution in [1.82, 2.24) is 19.6 Å². The van der Waals surface area contributed by atoms with Gasteiger partial charge in [-0.2, -0.15) is 0 Å². The molecule has 3 aromatic rings. The maximum atomic E-state index is 12.9. The van der Waals surface area contributed by atoms with Crippen LogP contribution in [0.2, 0.25) is 0 Å². The third kappa shape index (κ3) is 3.30. The zero-order valence-corrected chi connectivity index (χ0v) is 15.5. The Kier molecular flexibility index (Phi) is 4.18. The van der Waals surface area contributed by atoms with Crippen LogP contribution in [0.5, 0.6) is 0 Å². The van der Waals surface area contributed by atoms with Gasteiger partial charge < -0.3 is 9.72 Å². The lowest BCUT2D eigenvalue weighted by molar-refractivity contribution is -0.131. The Morgan fingerprint density at radius 1 is 1.07 bits per heavy atom. The molecule has 1 aromatic carbocycles. The van der Waals surface area contributed by atoms with Crippen molar-refractivity contribution in [3.05, 3.63) is 71.7 Å². The van der Waals surface area contributed by atoms with Gasteiger partial charge in [-0.05, 0) is 43.9 Å².